The highest BCUT2D eigenvalue weighted by molar-refractivity contribution is 5.90. The van der Waals surface area contributed by atoms with Crippen LogP contribution in [0.15, 0.2) is 42.0 Å². The number of ether oxygens (including phenoxy) is 7. The van der Waals surface area contributed by atoms with Gasteiger partial charge in [-0.3, -0.25) is 9.59 Å². The van der Waals surface area contributed by atoms with E-state index in [0.29, 0.717) is 32.0 Å². The van der Waals surface area contributed by atoms with Crippen LogP contribution in [0.5, 0.6) is 0 Å². The lowest BCUT2D eigenvalue weighted by atomic mass is 9.42. The summed E-state index contributed by atoms with van der Waals surface area (Å²) in [5.74, 6) is -0.764. The maximum atomic E-state index is 14.2. The summed E-state index contributed by atoms with van der Waals surface area (Å²) in [6.07, 6.45) is -0.739. The molecule has 1 aromatic carbocycles. The van der Waals surface area contributed by atoms with Crippen molar-refractivity contribution in [3.8, 4) is 0 Å². The minimum absolute atomic E-state index is 0.0116. The fraction of sp³-hybridized carbons (Fsp3) is 0.703. The molecule has 7 rings (SSSR count). The smallest absolute Gasteiger partial charge is 0.481 e. The van der Waals surface area contributed by atoms with Gasteiger partial charge in [-0.25, -0.2) is 4.79 Å². The number of aliphatic carboxylic acids is 1. The van der Waals surface area contributed by atoms with Crippen LogP contribution in [-0.2, 0) is 49.4 Å². The second-order valence-corrected chi connectivity index (χ2v) is 15.1. The van der Waals surface area contributed by atoms with E-state index in [-0.39, 0.29) is 36.9 Å². The van der Waals surface area contributed by atoms with Crippen LogP contribution in [0.3, 0.4) is 0 Å². The summed E-state index contributed by atoms with van der Waals surface area (Å²) < 4.78 is 41.8. The number of ketones is 1. The van der Waals surface area contributed by atoms with Crippen molar-refractivity contribution in [2.45, 2.75) is 90.9 Å². The first-order chi connectivity index (χ1) is 23.0. The fourth-order valence-corrected chi connectivity index (χ4v) is 11.0. The molecule has 3 saturated carbocycles. The molecule has 4 aliphatic carbocycles. The molecule has 5 fully saturated rings. The molecule has 6 aliphatic rings. The summed E-state index contributed by atoms with van der Waals surface area (Å²) in [6.45, 7) is 8.89. The first-order valence-electron chi connectivity index (χ1n) is 17.4. The molecule has 48 heavy (non-hydrogen) atoms. The van der Waals surface area contributed by atoms with Crippen LogP contribution in [0.4, 0.5) is 4.79 Å². The number of fused-ring (bicyclic) bond motifs is 2. The maximum Gasteiger partial charge on any atom is 0.509 e. The van der Waals surface area contributed by atoms with Gasteiger partial charge in [0, 0.05) is 17.9 Å². The third kappa shape index (κ3) is 4.67. The fourth-order valence-electron chi connectivity index (χ4n) is 11.0. The Balaban J connectivity index is 1.23. The zero-order valence-electron chi connectivity index (χ0n) is 28.4. The lowest BCUT2D eigenvalue weighted by Crippen LogP contribution is -2.67. The SMILES string of the molecule is CO[C@H]1C(=O)[C@@H](OC(=O)OCc2ccccc2)[C@H](OCC23CC4C(C)CCC4C4(C5OCCO5)CC2C=C(C(C)C)C34C(=O)O)O[C@@H]1C. The van der Waals surface area contributed by atoms with Gasteiger partial charge in [-0.2, -0.15) is 0 Å². The van der Waals surface area contributed by atoms with Gasteiger partial charge in [0.25, 0.3) is 0 Å². The molecule has 0 amide bonds. The van der Waals surface area contributed by atoms with Crippen LogP contribution < -0.4 is 0 Å². The van der Waals surface area contributed by atoms with Crippen molar-refractivity contribution in [2.24, 2.45) is 45.8 Å². The van der Waals surface area contributed by atoms with Gasteiger partial charge < -0.3 is 38.3 Å². The Kier molecular flexibility index (Phi) is 8.76. The highest BCUT2D eigenvalue weighted by atomic mass is 16.8. The predicted octanol–water partition coefficient (Wildman–Crippen LogP) is 5.15. The lowest BCUT2D eigenvalue weighted by molar-refractivity contribution is -0.277. The van der Waals surface area contributed by atoms with Crippen molar-refractivity contribution in [1.29, 1.82) is 0 Å². The minimum Gasteiger partial charge on any atom is -0.481 e. The maximum absolute atomic E-state index is 14.2. The number of Topliss-reactive ketones (excluding diaryl/α,β-unsaturated/α-hetero) is 1. The largest absolute Gasteiger partial charge is 0.509 e. The van der Waals surface area contributed by atoms with Crippen LogP contribution in [-0.4, -0.2) is 80.8 Å². The van der Waals surface area contributed by atoms with E-state index < -0.39 is 65.0 Å². The third-order valence-corrected chi connectivity index (χ3v) is 12.7. The van der Waals surface area contributed by atoms with Crippen LogP contribution >= 0.6 is 0 Å². The number of allylic oxidation sites excluding steroid dienone is 1. The van der Waals surface area contributed by atoms with E-state index >= 15 is 0 Å². The molecule has 2 saturated heterocycles. The molecule has 0 spiro atoms. The molecule has 11 heteroatoms. The molecular formula is C37H48O11. The molecule has 0 radical (unpaired) electrons. The van der Waals surface area contributed by atoms with Crippen LogP contribution in [0, 0.1) is 45.8 Å². The number of carboxylic acids is 1. The normalized spacial score (nSPS) is 41.8. The lowest BCUT2D eigenvalue weighted by Gasteiger charge is -2.61. The number of carbonyl (C=O) groups is 3. The Labute approximate surface area is 281 Å². The zero-order chi connectivity index (χ0) is 34.0. The third-order valence-electron chi connectivity index (χ3n) is 12.7. The summed E-state index contributed by atoms with van der Waals surface area (Å²) >= 11 is 0. The van der Waals surface area contributed by atoms with Crippen molar-refractivity contribution >= 4 is 17.9 Å². The average molecular weight is 669 g/mol. The molecule has 11 atom stereocenters. The summed E-state index contributed by atoms with van der Waals surface area (Å²) in [6, 6.07) is 9.14. The van der Waals surface area contributed by atoms with E-state index in [9.17, 15) is 19.5 Å². The Hall–Kier alpha value is -2.83. The predicted molar refractivity (Wildman–Crippen MR) is 169 cm³/mol. The quantitative estimate of drug-likeness (QED) is 0.262. The van der Waals surface area contributed by atoms with Gasteiger partial charge >= 0.3 is 12.1 Å². The zero-order valence-corrected chi connectivity index (χ0v) is 28.4. The van der Waals surface area contributed by atoms with Gasteiger partial charge in [0.15, 0.2) is 6.29 Å². The molecule has 1 aromatic rings. The standard InChI is InChI=1S/C37H48O11/c1-20(2)27-15-24-16-36(33-43-13-14-44-33)26-12-11-21(3)25(26)17-35(24,37(27,36)32(39)40)19-46-31-30(28(38)29(42-5)22(4)47-31)48-34(41)45-18-23-9-7-6-8-10-23/h6-10,15,20-22,24-26,29-31,33H,11-14,16-19H2,1-5H3,(H,39,40)/t21?,22-,24?,25?,26?,29-,30-,31-,35?,36?,37?/m1/s1. The second kappa shape index (κ2) is 12.5. The first-order valence-corrected chi connectivity index (χ1v) is 17.4. The average Bonchev–Trinajstić information content (AvgIpc) is 3.83. The van der Waals surface area contributed by atoms with E-state index in [1.54, 1.807) is 6.92 Å². The molecule has 2 aliphatic heterocycles. The van der Waals surface area contributed by atoms with E-state index in [2.05, 4.69) is 26.8 Å². The number of hydrogen-bond acceptors (Lipinski definition) is 10. The molecular weight excluding hydrogens is 620 g/mol. The monoisotopic (exact) mass is 668 g/mol. The second-order valence-electron chi connectivity index (χ2n) is 15.1. The molecule has 1 N–H and O–H groups in total. The van der Waals surface area contributed by atoms with Crippen molar-refractivity contribution < 1.29 is 52.6 Å². The van der Waals surface area contributed by atoms with Gasteiger partial charge in [-0.05, 0) is 61.3 Å². The topological polar surface area (TPSA) is 136 Å². The van der Waals surface area contributed by atoms with Gasteiger partial charge in [-0.1, -0.05) is 69.2 Å². The van der Waals surface area contributed by atoms with Crippen molar-refractivity contribution in [1.82, 2.24) is 0 Å². The number of carbonyl (C=O) groups excluding carboxylic acids is 2. The van der Waals surface area contributed by atoms with E-state index in [1.807, 2.05) is 30.3 Å². The van der Waals surface area contributed by atoms with Gasteiger partial charge in [-0.15, -0.1) is 0 Å². The van der Waals surface area contributed by atoms with E-state index in [0.717, 1.165) is 24.0 Å². The van der Waals surface area contributed by atoms with E-state index in [4.69, 9.17) is 33.2 Å². The van der Waals surface area contributed by atoms with Crippen LogP contribution in [0.1, 0.15) is 58.9 Å². The number of rotatable bonds is 10. The van der Waals surface area contributed by atoms with Crippen molar-refractivity contribution in [2.75, 3.05) is 26.9 Å². The van der Waals surface area contributed by atoms with Crippen LogP contribution in [0.2, 0.25) is 0 Å². The van der Waals surface area contributed by atoms with E-state index in [1.165, 1.54) is 7.11 Å². The number of carboxylic acid groups (broad SMARTS) is 1. The molecule has 262 valence electrons. The molecule has 7 unspecified atom stereocenters. The number of hydrogen-bond donors (Lipinski definition) is 1. The Morgan fingerprint density at radius 3 is 2.44 bits per heavy atom. The summed E-state index contributed by atoms with van der Waals surface area (Å²) in [4.78, 5) is 40.8. The van der Waals surface area contributed by atoms with Gasteiger partial charge in [0.05, 0.1) is 25.9 Å². The highest BCUT2D eigenvalue weighted by Gasteiger charge is 2.86. The summed E-state index contributed by atoms with van der Waals surface area (Å²) in [5.41, 5.74) is -1.29. The number of benzene rings is 1. The Bertz CT molecular complexity index is 1440. The summed E-state index contributed by atoms with van der Waals surface area (Å²) in [5, 5.41) is 11.6. The Morgan fingerprint density at radius 1 is 1.04 bits per heavy atom. The van der Waals surface area contributed by atoms with Crippen molar-refractivity contribution in [3.05, 3.63) is 47.5 Å². The number of methoxy groups -OCH3 is 1. The Morgan fingerprint density at radius 2 is 1.77 bits per heavy atom. The van der Waals surface area contributed by atoms with Crippen LogP contribution in [0.25, 0.3) is 0 Å². The first kappa shape index (κ1) is 33.7. The van der Waals surface area contributed by atoms with Gasteiger partial charge in [0.1, 0.15) is 18.1 Å². The van der Waals surface area contributed by atoms with Gasteiger partial charge in [0.2, 0.25) is 18.2 Å². The molecule has 0 aromatic heterocycles. The summed E-state index contributed by atoms with van der Waals surface area (Å²) in [7, 11) is 1.40. The molecule has 2 heterocycles. The van der Waals surface area contributed by atoms with Crippen molar-refractivity contribution in [3.63, 3.8) is 0 Å². The molecule has 4 bridgehead atoms. The highest BCUT2D eigenvalue weighted by Crippen LogP contribution is 2.84. The minimum atomic E-state index is -1.48. The molecule has 11 nitrogen and oxygen atoms in total.